The lowest BCUT2D eigenvalue weighted by atomic mass is 10.2. The third-order valence-corrected chi connectivity index (χ3v) is 4.57. The molecule has 0 amide bonds. The van der Waals surface area contributed by atoms with Gasteiger partial charge in [-0.3, -0.25) is 0 Å². The molecule has 0 fully saturated rings. The van der Waals surface area contributed by atoms with Crippen molar-refractivity contribution in [3.8, 4) is 0 Å². The maximum atomic E-state index is 12.9. The average Bonchev–Trinajstić information content (AvgIpc) is 2.53. The first-order chi connectivity index (χ1) is 8.89. The van der Waals surface area contributed by atoms with Crippen LogP contribution in [0.2, 0.25) is 0 Å². The number of nitrogens with zero attached hydrogens (tertiary/aromatic N) is 3. The molecule has 0 saturated heterocycles. The van der Waals surface area contributed by atoms with Gasteiger partial charge in [-0.05, 0) is 19.8 Å². The second-order valence-electron chi connectivity index (χ2n) is 4.80. The Bertz CT molecular complexity index is 430. The van der Waals surface area contributed by atoms with Crippen molar-refractivity contribution in [2.24, 2.45) is 5.73 Å². The van der Waals surface area contributed by atoms with Gasteiger partial charge in [0.15, 0.2) is 5.16 Å². The van der Waals surface area contributed by atoms with Crippen molar-refractivity contribution in [3.63, 3.8) is 0 Å². The quantitative estimate of drug-likeness (QED) is 0.870. The van der Waals surface area contributed by atoms with Crippen LogP contribution in [0.3, 0.4) is 0 Å². The third kappa shape index (κ3) is 3.42. The Morgan fingerprint density at radius 2 is 2.00 bits per heavy atom. The Kier molecular flexibility index (Phi) is 4.39. The Morgan fingerprint density at radius 1 is 1.26 bits per heavy atom. The van der Waals surface area contributed by atoms with Crippen LogP contribution in [0.15, 0.2) is 5.16 Å². The van der Waals surface area contributed by atoms with Gasteiger partial charge < -0.3 is 10.3 Å². The number of thioether (sulfide) groups is 1. The molecule has 0 aromatic carbocycles. The summed E-state index contributed by atoms with van der Waals surface area (Å²) in [5, 5.41) is 6.57. The predicted molar refractivity (Wildman–Crippen MR) is 66.9 cm³/mol. The monoisotopic (exact) mass is 294 g/mol. The van der Waals surface area contributed by atoms with E-state index in [2.05, 4.69) is 10.2 Å². The van der Waals surface area contributed by atoms with E-state index in [-0.39, 0.29) is 0 Å². The molecule has 8 heteroatoms. The molecule has 0 bridgehead atoms. The van der Waals surface area contributed by atoms with E-state index in [0.29, 0.717) is 23.5 Å². The molecule has 1 aromatic rings. The zero-order chi connectivity index (χ0) is 14.0. The van der Waals surface area contributed by atoms with Gasteiger partial charge in [-0.2, -0.15) is 13.2 Å². The van der Waals surface area contributed by atoms with E-state index in [1.54, 1.807) is 4.57 Å². The first kappa shape index (κ1) is 14.6. The summed E-state index contributed by atoms with van der Waals surface area (Å²) in [5.41, 5.74) is 5.45. The van der Waals surface area contributed by atoms with Crippen LogP contribution < -0.4 is 5.73 Å². The normalized spacial score (nSPS) is 19.6. The van der Waals surface area contributed by atoms with Crippen molar-refractivity contribution in [3.05, 3.63) is 5.82 Å². The highest BCUT2D eigenvalue weighted by Crippen LogP contribution is 2.36. The van der Waals surface area contributed by atoms with Crippen molar-refractivity contribution in [2.75, 3.05) is 0 Å². The number of hydrogen-bond acceptors (Lipinski definition) is 4. The van der Waals surface area contributed by atoms with E-state index in [9.17, 15) is 13.2 Å². The molecule has 1 aliphatic rings. The number of rotatable bonds is 3. The molecule has 0 spiro atoms. The van der Waals surface area contributed by atoms with Gasteiger partial charge in [0.1, 0.15) is 11.1 Å². The van der Waals surface area contributed by atoms with Crippen molar-refractivity contribution >= 4 is 11.8 Å². The predicted octanol–water partition coefficient (Wildman–Crippen LogP) is 2.37. The zero-order valence-corrected chi connectivity index (χ0v) is 11.5. The lowest BCUT2D eigenvalue weighted by Gasteiger charge is -2.22. The molecule has 0 saturated carbocycles. The first-order valence-corrected chi connectivity index (χ1v) is 7.18. The molecule has 4 nitrogen and oxygen atoms in total. The summed E-state index contributed by atoms with van der Waals surface area (Å²) >= 11 is 0.674. The lowest BCUT2D eigenvalue weighted by Crippen LogP contribution is -2.40. The van der Waals surface area contributed by atoms with E-state index < -0.39 is 17.5 Å². The average molecular weight is 294 g/mol. The minimum Gasteiger partial charge on any atom is -0.327 e. The van der Waals surface area contributed by atoms with Gasteiger partial charge in [-0.25, -0.2) is 0 Å². The molecule has 0 aliphatic carbocycles. The summed E-state index contributed by atoms with van der Waals surface area (Å²) in [6.45, 7) is 2.05. The highest BCUT2D eigenvalue weighted by atomic mass is 32.2. The highest BCUT2D eigenvalue weighted by molar-refractivity contribution is 7.99. The number of fused-ring (bicyclic) bond motifs is 1. The van der Waals surface area contributed by atoms with Gasteiger partial charge in [0.05, 0.1) is 0 Å². The Hall–Kier alpha value is -0.760. The summed E-state index contributed by atoms with van der Waals surface area (Å²) in [6.07, 6.45) is -0.520. The molecule has 108 valence electrons. The molecule has 19 heavy (non-hydrogen) atoms. The fourth-order valence-electron chi connectivity index (χ4n) is 2.13. The summed E-state index contributed by atoms with van der Waals surface area (Å²) in [4.78, 5) is 0. The first-order valence-electron chi connectivity index (χ1n) is 6.30. The van der Waals surface area contributed by atoms with Crippen LogP contribution in [-0.4, -0.2) is 32.2 Å². The van der Waals surface area contributed by atoms with E-state index in [0.717, 1.165) is 31.5 Å². The fourth-order valence-corrected chi connectivity index (χ4v) is 3.12. The topological polar surface area (TPSA) is 56.7 Å². The number of aryl methyl sites for hydroxylation is 1. The molecular formula is C11H17F3N4S. The van der Waals surface area contributed by atoms with Crippen molar-refractivity contribution in [1.82, 2.24) is 14.8 Å². The molecule has 1 aliphatic heterocycles. The third-order valence-electron chi connectivity index (χ3n) is 3.11. The van der Waals surface area contributed by atoms with Gasteiger partial charge in [0, 0.05) is 19.0 Å². The Labute approximate surface area is 113 Å². The smallest absolute Gasteiger partial charge is 0.327 e. The molecule has 2 heterocycles. The van der Waals surface area contributed by atoms with Crippen molar-refractivity contribution < 1.29 is 13.2 Å². The van der Waals surface area contributed by atoms with Crippen molar-refractivity contribution in [1.29, 1.82) is 0 Å². The number of hydrogen-bond donors (Lipinski definition) is 1. The molecular weight excluding hydrogens is 277 g/mol. The number of nitrogens with two attached hydrogens (primary N) is 1. The molecule has 0 radical (unpaired) electrons. The van der Waals surface area contributed by atoms with E-state index >= 15 is 0 Å². The minimum absolute atomic E-state index is 0.330. The van der Waals surface area contributed by atoms with E-state index in [1.165, 1.54) is 6.92 Å². The van der Waals surface area contributed by atoms with Crippen LogP contribution in [0.5, 0.6) is 0 Å². The Balaban J connectivity index is 2.20. The Morgan fingerprint density at radius 3 is 2.63 bits per heavy atom. The highest BCUT2D eigenvalue weighted by Gasteiger charge is 2.43. The molecule has 2 atom stereocenters. The molecule has 2 rings (SSSR count). The van der Waals surface area contributed by atoms with Crippen LogP contribution >= 0.6 is 11.8 Å². The summed E-state index contributed by atoms with van der Waals surface area (Å²) in [5.74, 6) is 0.783. The van der Waals surface area contributed by atoms with Gasteiger partial charge in [-0.15, -0.1) is 10.2 Å². The summed E-state index contributed by atoms with van der Waals surface area (Å²) in [6, 6.07) is -0.983. The van der Waals surface area contributed by atoms with Crippen LogP contribution in [0, 0.1) is 0 Å². The number of halogens is 3. The maximum absolute atomic E-state index is 12.9. The summed E-state index contributed by atoms with van der Waals surface area (Å²) in [7, 11) is 0. The van der Waals surface area contributed by atoms with Gasteiger partial charge in [0.25, 0.3) is 0 Å². The molecule has 1 aromatic heterocycles. The second-order valence-corrected chi connectivity index (χ2v) is 5.91. The van der Waals surface area contributed by atoms with E-state index in [4.69, 9.17) is 5.73 Å². The van der Waals surface area contributed by atoms with Crippen LogP contribution in [0.25, 0.3) is 0 Å². The van der Waals surface area contributed by atoms with Gasteiger partial charge in [0.2, 0.25) is 0 Å². The number of alkyl halides is 3. The maximum Gasteiger partial charge on any atom is 0.402 e. The molecule has 2 unspecified atom stereocenters. The van der Waals surface area contributed by atoms with Crippen LogP contribution in [0.4, 0.5) is 13.2 Å². The second kappa shape index (κ2) is 5.70. The lowest BCUT2D eigenvalue weighted by molar-refractivity contribution is -0.131. The fraction of sp³-hybridized carbons (Fsp3) is 0.818. The largest absolute Gasteiger partial charge is 0.402 e. The minimum atomic E-state index is -4.34. The summed E-state index contributed by atoms with van der Waals surface area (Å²) < 4.78 is 40.6. The van der Waals surface area contributed by atoms with Crippen LogP contribution in [0.1, 0.15) is 32.0 Å². The number of aromatic nitrogens is 3. The molecule has 2 N–H and O–H groups in total. The zero-order valence-electron chi connectivity index (χ0n) is 10.7. The van der Waals surface area contributed by atoms with Gasteiger partial charge in [-0.1, -0.05) is 18.2 Å². The van der Waals surface area contributed by atoms with Crippen LogP contribution in [-0.2, 0) is 13.0 Å². The van der Waals surface area contributed by atoms with Crippen molar-refractivity contribution in [2.45, 2.75) is 61.8 Å². The van der Waals surface area contributed by atoms with Gasteiger partial charge >= 0.3 is 6.18 Å². The standard InChI is InChI=1S/C11H17F3N4S/c1-7(15)9(11(12,13)14)19-10-17-16-8-5-3-2-4-6-18(8)10/h7,9H,2-6,15H2,1H3. The van der Waals surface area contributed by atoms with E-state index in [1.807, 2.05) is 0 Å². The SMILES string of the molecule is CC(N)C(Sc1nnc2n1CCCCC2)C(F)(F)F.